The Morgan fingerprint density at radius 2 is 1.67 bits per heavy atom. The van der Waals surface area contributed by atoms with Gasteiger partial charge in [0.2, 0.25) is 0 Å². The molecule has 1 aromatic rings. The number of hydrogen-bond acceptors (Lipinski definition) is 0. The molecular weight excluding hydrogens is 320 g/mol. The fourth-order valence-electron chi connectivity index (χ4n) is 4.27. The van der Waals surface area contributed by atoms with Gasteiger partial charge in [0, 0.05) is 4.83 Å². The molecule has 3 unspecified atom stereocenters. The number of halogens is 1. The summed E-state index contributed by atoms with van der Waals surface area (Å²) in [4.78, 5) is 0.683. The van der Waals surface area contributed by atoms with E-state index in [4.69, 9.17) is 0 Å². The van der Waals surface area contributed by atoms with Crippen LogP contribution >= 0.6 is 15.9 Å². The van der Waals surface area contributed by atoms with Crippen LogP contribution in [0.25, 0.3) is 0 Å². The summed E-state index contributed by atoms with van der Waals surface area (Å²) in [5.74, 6) is 1.66. The number of hydrogen-bond donors (Lipinski definition) is 0. The third-order valence-corrected chi connectivity index (χ3v) is 6.52. The van der Waals surface area contributed by atoms with E-state index in [1.165, 1.54) is 42.4 Å². The van der Waals surface area contributed by atoms with Gasteiger partial charge in [-0.15, -0.1) is 0 Å². The van der Waals surface area contributed by atoms with Crippen molar-refractivity contribution < 1.29 is 0 Å². The quantitative estimate of drug-likeness (QED) is 0.554. The summed E-state index contributed by atoms with van der Waals surface area (Å²) >= 11 is 3.99. The molecule has 0 aromatic heterocycles. The summed E-state index contributed by atoms with van der Waals surface area (Å²) in [7, 11) is 0. The fourth-order valence-corrected chi connectivity index (χ4v) is 5.89. The van der Waals surface area contributed by atoms with Gasteiger partial charge in [-0.3, -0.25) is 0 Å². The van der Waals surface area contributed by atoms with Gasteiger partial charge in [-0.1, -0.05) is 60.8 Å². The van der Waals surface area contributed by atoms with E-state index in [1.807, 2.05) is 0 Å². The van der Waals surface area contributed by atoms with Gasteiger partial charge in [0.1, 0.15) is 0 Å². The Labute approximate surface area is 139 Å². The first-order valence-corrected chi connectivity index (χ1v) is 9.33. The Morgan fingerprint density at radius 3 is 2.19 bits per heavy atom. The molecule has 1 saturated carbocycles. The Bertz CT molecular complexity index is 478. The lowest BCUT2D eigenvalue weighted by atomic mass is 9.66. The van der Waals surface area contributed by atoms with Gasteiger partial charge in [-0.05, 0) is 74.0 Å². The van der Waals surface area contributed by atoms with Gasteiger partial charge in [0.05, 0.1) is 0 Å². The lowest BCUT2D eigenvalue weighted by Crippen LogP contribution is -2.37. The van der Waals surface area contributed by atoms with Crippen molar-refractivity contribution in [1.29, 1.82) is 0 Å². The molecule has 2 rings (SSSR count). The average Bonchev–Trinajstić information content (AvgIpc) is 2.33. The Morgan fingerprint density at radius 1 is 1.10 bits per heavy atom. The molecule has 0 spiro atoms. The largest absolute Gasteiger partial charge is 0.0887 e. The number of benzene rings is 1. The van der Waals surface area contributed by atoms with Crippen LogP contribution in [0.5, 0.6) is 0 Å². The lowest BCUT2D eigenvalue weighted by molar-refractivity contribution is 0.146. The standard InChI is InChI=1S/C20H31Br/c1-13-7-8-18(19(21)11-13)20(5,6)12-17-15(3)9-14(2)10-16(17)4/h9-10,13,18-19H,7-8,11-12H2,1-6H3. The predicted octanol–water partition coefficient (Wildman–Crippen LogP) is 6.38. The second kappa shape index (κ2) is 6.44. The van der Waals surface area contributed by atoms with E-state index in [9.17, 15) is 0 Å². The van der Waals surface area contributed by atoms with Gasteiger partial charge < -0.3 is 0 Å². The highest BCUT2D eigenvalue weighted by Crippen LogP contribution is 2.45. The summed E-state index contributed by atoms with van der Waals surface area (Å²) in [5, 5.41) is 0. The van der Waals surface area contributed by atoms with Crippen molar-refractivity contribution in [2.75, 3.05) is 0 Å². The third-order valence-electron chi connectivity index (χ3n) is 5.51. The zero-order valence-electron chi connectivity index (χ0n) is 14.6. The zero-order valence-corrected chi connectivity index (χ0v) is 16.2. The van der Waals surface area contributed by atoms with E-state index in [0.717, 1.165) is 11.8 Å². The van der Waals surface area contributed by atoms with Crippen LogP contribution in [0, 0.1) is 38.0 Å². The fraction of sp³-hybridized carbons (Fsp3) is 0.700. The van der Waals surface area contributed by atoms with E-state index in [0.29, 0.717) is 10.2 Å². The molecule has 0 N–H and O–H groups in total. The van der Waals surface area contributed by atoms with Crippen LogP contribution in [0.1, 0.15) is 62.3 Å². The molecule has 3 atom stereocenters. The van der Waals surface area contributed by atoms with Crippen LogP contribution in [0.2, 0.25) is 0 Å². The highest BCUT2D eigenvalue weighted by atomic mass is 79.9. The average molecular weight is 351 g/mol. The van der Waals surface area contributed by atoms with Crippen molar-refractivity contribution >= 4 is 15.9 Å². The number of rotatable bonds is 3. The Kier molecular flexibility index (Phi) is 5.23. The number of aryl methyl sites for hydroxylation is 3. The molecule has 1 aliphatic carbocycles. The molecular formula is C20H31Br. The molecule has 1 aliphatic rings. The molecule has 1 heteroatoms. The molecule has 0 radical (unpaired) electrons. The van der Waals surface area contributed by atoms with Gasteiger partial charge in [0.15, 0.2) is 0 Å². The summed E-state index contributed by atoms with van der Waals surface area (Å²) in [6, 6.07) is 4.68. The topological polar surface area (TPSA) is 0 Å². The summed E-state index contributed by atoms with van der Waals surface area (Å²) in [5.41, 5.74) is 6.26. The maximum atomic E-state index is 3.99. The normalized spacial score (nSPS) is 26.9. The van der Waals surface area contributed by atoms with Crippen molar-refractivity contribution in [3.63, 3.8) is 0 Å². The first-order chi connectivity index (χ1) is 9.70. The maximum absolute atomic E-state index is 3.99. The molecule has 118 valence electrons. The monoisotopic (exact) mass is 350 g/mol. The van der Waals surface area contributed by atoms with Crippen LogP contribution in [0.3, 0.4) is 0 Å². The highest BCUT2D eigenvalue weighted by Gasteiger charge is 2.38. The molecule has 0 aliphatic heterocycles. The molecule has 0 nitrogen and oxygen atoms in total. The van der Waals surface area contributed by atoms with E-state index in [2.05, 4.69) is 69.6 Å². The minimum atomic E-state index is 0.360. The van der Waals surface area contributed by atoms with Crippen molar-refractivity contribution in [1.82, 2.24) is 0 Å². The van der Waals surface area contributed by atoms with Crippen LogP contribution in [-0.4, -0.2) is 4.83 Å². The maximum Gasteiger partial charge on any atom is 0.0181 e. The van der Waals surface area contributed by atoms with Crippen molar-refractivity contribution in [2.24, 2.45) is 17.3 Å². The zero-order chi connectivity index (χ0) is 15.8. The van der Waals surface area contributed by atoms with Gasteiger partial charge >= 0.3 is 0 Å². The smallest absolute Gasteiger partial charge is 0.0181 e. The molecule has 0 saturated heterocycles. The van der Waals surface area contributed by atoms with Crippen LogP contribution < -0.4 is 0 Å². The second-order valence-electron chi connectivity index (χ2n) is 8.08. The van der Waals surface area contributed by atoms with Crippen LogP contribution in [-0.2, 0) is 6.42 Å². The molecule has 0 amide bonds. The van der Waals surface area contributed by atoms with Crippen molar-refractivity contribution in [3.05, 3.63) is 34.4 Å². The summed E-state index contributed by atoms with van der Waals surface area (Å²) in [6.07, 6.45) is 5.29. The molecule has 1 aromatic carbocycles. The molecule has 21 heavy (non-hydrogen) atoms. The third kappa shape index (κ3) is 3.92. The minimum Gasteiger partial charge on any atom is -0.0887 e. The molecule has 0 bridgehead atoms. The SMILES string of the molecule is Cc1cc(C)c(CC(C)(C)C2CCC(C)CC2Br)c(C)c1. The second-order valence-corrected chi connectivity index (χ2v) is 9.26. The first kappa shape index (κ1) is 17.1. The molecule has 0 heterocycles. The van der Waals surface area contributed by atoms with Gasteiger partial charge in [-0.2, -0.15) is 0 Å². The first-order valence-electron chi connectivity index (χ1n) is 8.41. The Hall–Kier alpha value is -0.300. The van der Waals surface area contributed by atoms with Gasteiger partial charge in [-0.25, -0.2) is 0 Å². The highest BCUT2D eigenvalue weighted by molar-refractivity contribution is 9.09. The van der Waals surface area contributed by atoms with E-state index in [-0.39, 0.29) is 0 Å². The summed E-state index contributed by atoms with van der Waals surface area (Å²) in [6.45, 7) is 14.1. The Balaban J connectivity index is 2.21. The summed E-state index contributed by atoms with van der Waals surface area (Å²) < 4.78 is 0. The van der Waals surface area contributed by atoms with E-state index >= 15 is 0 Å². The number of alkyl halides is 1. The van der Waals surface area contributed by atoms with Gasteiger partial charge in [0.25, 0.3) is 0 Å². The predicted molar refractivity (Wildman–Crippen MR) is 97.4 cm³/mol. The van der Waals surface area contributed by atoms with Crippen LogP contribution in [0.4, 0.5) is 0 Å². The van der Waals surface area contributed by atoms with Crippen molar-refractivity contribution in [2.45, 2.75) is 72.1 Å². The molecule has 1 fully saturated rings. The van der Waals surface area contributed by atoms with E-state index in [1.54, 1.807) is 5.56 Å². The van der Waals surface area contributed by atoms with E-state index < -0.39 is 0 Å². The minimum absolute atomic E-state index is 0.360. The van der Waals surface area contributed by atoms with Crippen LogP contribution in [0.15, 0.2) is 12.1 Å². The van der Waals surface area contributed by atoms with Crippen molar-refractivity contribution in [3.8, 4) is 0 Å². The lowest BCUT2D eigenvalue weighted by Gasteiger charge is -2.42.